The van der Waals surface area contributed by atoms with E-state index in [2.05, 4.69) is 10.4 Å². The van der Waals surface area contributed by atoms with Gasteiger partial charge in [-0.1, -0.05) is 0 Å². The molecule has 1 heterocycles. The minimum atomic E-state index is -0.226. The fourth-order valence-corrected chi connectivity index (χ4v) is 2.34. The summed E-state index contributed by atoms with van der Waals surface area (Å²) in [4.78, 5) is 26.0. The summed E-state index contributed by atoms with van der Waals surface area (Å²) < 4.78 is 1.24. The van der Waals surface area contributed by atoms with Crippen LogP contribution in [0, 0.1) is 0 Å². The molecule has 20 heavy (non-hydrogen) atoms. The van der Waals surface area contributed by atoms with E-state index in [1.807, 2.05) is 11.8 Å². The summed E-state index contributed by atoms with van der Waals surface area (Å²) in [6.45, 7) is 2.70. The molecule has 0 atom stereocenters. The van der Waals surface area contributed by atoms with Gasteiger partial charge in [0, 0.05) is 24.7 Å². The van der Waals surface area contributed by atoms with E-state index in [0.717, 1.165) is 31.4 Å². The fraction of sp³-hybridized carbons (Fsp3) is 0.643. The van der Waals surface area contributed by atoms with Gasteiger partial charge < -0.3 is 10.2 Å². The number of nitrogens with one attached hydrogen (secondary N) is 1. The first kappa shape index (κ1) is 13.1. The van der Waals surface area contributed by atoms with Crippen molar-refractivity contribution in [1.82, 2.24) is 14.7 Å². The summed E-state index contributed by atoms with van der Waals surface area (Å²) in [5.41, 5.74) is 0.520. The maximum Gasteiger partial charge on any atom is 0.269 e. The summed E-state index contributed by atoms with van der Waals surface area (Å²) in [6.07, 6.45) is 6.07. The number of amides is 1. The Morgan fingerprint density at radius 2 is 2.20 bits per heavy atom. The third-order valence-electron chi connectivity index (χ3n) is 3.75. The van der Waals surface area contributed by atoms with Gasteiger partial charge in [0.25, 0.3) is 5.56 Å². The van der Waals surface area contributed by atoms with Crippen molar-refractivity contribution in [1.29, 1.82) is 0 Å². The molecule has 2 aliphatic carbocycles. The standard InChI is InChI=1S/C14H20N4O2/c1-2-17(12-5-6-12)14(20)9-18-13(19)7-11(8-15-18)16-10-3-4-10/h7-8,10,12,16H,2-6,9H2,1H3. The molecule has 1 aromatic rings. The lowest BCUT2D eigenvalue weighted by atomic mass is 10.4. The van der Waals surface area contributed by atoms with Gasteiger partial charge in [0.2, 0.25) is 5.91 Å². The van der Waals surface area contributed by atoms with Crippen LogP contribution < -0.4 is 10.9 Å². The highest BCUT2D eigenvalue weighted by atomic mass is 16.2. The lowest BCUT2D eigenvalue weighted by Crippen LogP contribution is -2.38. The summed E-state index contributed by atoms with van der Waals surface area (Å²) in [6, 6.07) is 2.38. The molecule has 6 heteroatoms. The molecule has 0 spiro atoms. The zero-order chi connectivity index (χ0) is 14.1. The second-order valence-corrected chi connectivity index (χ2v) is 5.57. The van der Waals surface area contributed by atoms with Gasteiger partial charge in [-0.3, -0.25) is 9.59 Å². The van der Waals surface area contributed by atoms with Crippen molar-refractivity contribution in [2.75, 3.05) is 11.9 Å². The highest BCUT2D eigenvalue weighted by Crippen LogP contribution is 2.26. The van der Waals surface area contributed by atoms with E-state index in [9.17, 15) is 9.59 Å². The van der Waals surface area contributed by atoms with Crippen LogP contribution in [-0.2, 0) is 11.3 Å². The number of aromatic nitrogens is 2. The molecule has 2 fully saturated rings. The van der Waals surface area contributed by atoms with Gasteiger partial charge in [0.05, 0.1) is 11.9 Å². The van der Waals surface area contributed by atoms with Crippen molar-refractivity contribution in [3.8, 4) is 0 Å². The molecule has 0 bridgehead atoms. The number of carbonyl (C=O) groups excluding carboxylic acids is 1. The number of rotatable bonds is 6. The smallest absolute Gasteiger partial charge is 0.269 e. The molecule has 0 saturated heterocycles. The van der Waals surface area contributed by atoms with E-state index in [0.29, 0.717) is 18.6 Å². The highest BCUT2D eigenvalue weighted by molar-refractivity contribution is 5.76. The van der Waals surface area contributed by atoms with Crippen LogP contribution in [0.4, 0.5) is 5.69 Å². The molecule has 1 amide bonds. The second-order valence-electron chi connectivity index (χ2n) is 5.57. The van der Waals surface area contributed by atoms with Crippen LogP contribution in [-0.4, -0.2) is 39.2 Å². The molecular formula is C14H20N4O2. The van der Waals surface area contributed by atoms with Crippen LogP contribution in [0.25, 0.3) is 0 Å². The Morgan fingerprint density at radius 3 is 2.75 bits per heavy atom. The Kier molecular flexibility index (Phi) is 3.46. The zero-order valence-corrected chi connectivity index (χ0v) is 11.7. The third kappa shape index (κ3) is 3.00. The van der Waals surface area contributed by atoms with Crippen molar-refractivity contribution in [2.24, 2.45) is 0 Å². The molecule has 2 saturated carbocycles. The molecule has 1 N–H and O–H groups in total. The van der Waals surface area contributed by atoms with Crippen LogP contribution >= 0.6 is 0 Å². The van der Waals surface area contributed by atoms with Gasteiger partial charge in [-0.25, -0.2) is 4.68 Å². The van der Waals surface area contributed by atoms with Crippen molar-refractivity contribution >= 4 is 11.6 Å². The average Bonchev–Trinajstić information content (AvgIpc) is 3.27. The van der Waals surface area contributed by atoms with E-state index in [-0.39, 0.29) is 18.0 Å². The average molecular weight is 276 g/mol. The van der Waals surface area contributed by atoms with Crippen LogP contribution in [0.3, 0.4) is 0 Å². The monoisotopic (exact) mass is 276 g/mol. The van der Waals surface area contributed by atoms with Crippen molar-refractivity contribution in [2.45, 2.75) is 51.2 Å². The number of carbonyl (C=O) groups is 1. The second kappa shape index (κ2) is 5.26. The summed E-state index contributed by atoms with van der Waals surface area (Å²) >= 11 is 0. The Bertz CT molecular complexity index is 561. The molecule has 108 valence electrons. The molecule has 3 rings (SSSR count). The highest BCUT2D eigenvalue weighted by Gasteiger charge is 2.31. The molecular weight excluding hydrogens is 256 g/mol. The lowest BCUT2D eigenvalue weighted by molar-refractivity contribution is -0.132. The van der Waals surface area contributed by atoms with E-state index in [4.69, 9.17) is 0 Å². The van der Waals surface area contributed by atoms with E-state index >= 15 is 0 Å². The van der Waals surface area contributed by atoms with E-state index < -0.39 is 0 Å². The first-order valence-corrected chi connectivity index (χ1v) is 7.30. The van der Waals surface area contributed by atoms with Crippen LogP contribution in [0.15, 0.2) is 17.1 Å². The maximum atomic E-state index is 12.2. The zero-order valence-electron chi connectivity index (χ0n) is 11.7. The minimum Gasteiger partial charge on any atom is -0.381 e. The van der Waals surface area contributed by atoms with Crippen molar-refractivity contribution in [3.05, 3.63) is 22.6 Å². The van der Waals surface area contributed by atoms with Crippen LogP contribution in [0.5, 0.6) is 0 Å². The Labute approximate surface area is 117 Å². The van der Waals surface area contributed by atoms with Gasteiger partial charge >= 0.3 is 0 Å². The number of hydrogen-bond acceptors (Lipinski definition) is 4. The van der Waals surface area contributed by atoms with Gasteiger partial charge in [0.1, 0.15) is 6.54 Å². The molecule has 6 nitrogen and oxygen atoms in total. The minimum absolute atomic E-state index is 0.0208. The first-order valence-electron chi connectivity index (χ1n) is 7.30. The maximum absolute atomic E-state index is 12.2. The van der Waals surface area contributed by atoms with Crippen molar-refractivity contribution in [3.63, 3.8) is 0 Å². The predicted octanol–water partition coefficient (Wildman–Crippen LogP) is 0.828. The van der Waals surface area contributed by atoms with Gasteiger partial charge in [0.15, 0.2) is 0 Å². The first-order chi connectivity index (χ1) is 9.67. The molecule has 2 aliphatic rings. The number of nitrogens with zero attached hydrogens (tertiary/aromatic N) is 3. The Balaban J connectivity index is 1.66. The number of anilines is 1. The number of likely N-dealkylation sites (N-methyl/N-ethyl adjacent to an activating group) is 1. The predicted molar refractivity (Wildman–Crippen MR) is 75.6 cm³/mol. The van der Waals surface area contributed by atoms with Gasteiger partial charge in [-0.15, -0.1) is 0 Å². The number of hydrogen-bond donors (Lipinski definition) is 1. The quantitative estimate of drug-likeness (QED) is 0.835. The molecule has 1 aromatic heterocycles. The van der Waals surface area contributed by atoms with E-state index in [1.54, 1.807) is 6.20 Å². The molecule has 0 aliphatic heterocycles. The summed E-state index contributed by atoms with van der Waals surface area (Å²) in [5, 5.41) is 7.32. The fourth-order valence-electron chi connectivity index (χ4n) is 2.34. The lowest BCUT2D eigenvalue weighted by Gasteiger charge is -2.20. The van der Waals surface area contributed by atoms with Crippen LogP contribution in [0.1, 0.15) is 32.6 Å². The molecule has 0 aromatic carbocycles. The van der Waals surface area contributed by atoms with Gasteiger partial charge in [-0.2, -0.15) is 5.10 Å². The topological polar surface area (TPSA) is 67.2 Å². The normalized spacial score (nSPS) is 17.9. The SMILES string of the molecule is CCN(C(=O)Cn1ncc(NC2CC2)cc1=O)C1CC1. The largest absolute Gasteiger partial charge is 0.381 e. The van der Waals surface area contributed by atoms with Gasteiger partial charge in [-0.05, 0) is 32.6 Å². The molecule has 0 unspecified atom stereocenters. The third-order valence-corrected chi connectivity index (χ3v) is 3.75. The summed E-state index contributed by atoms with van der Waals surface area (Å²) in [5.74, 6) is -0.0208. The molecule has 0 radical (unpaired) electrons. The Hall–Kier alpha value is -1.85. The van der Waals surface area contributed by atoms with Crippen molar-refractivity contribution < 1.29 is 4.79 Å². The van der Waals surface area contributed by atoms with Crippen LogP contribution in [0.2, 0.25) is 0 Å². The summed E-state index contributed by atoms with van der Waals surface area (Å²) in [7, 11) is 0. The Morgan fingerprint density at radius 1 is 1.45 bits per heavy atom. The van der Waals surface area contributed by atoms with E-state index in [1.165, 1.54) is 10.7 Å².